The standard InChI is InChI=1S/2C13H13P.C6H8BN4.Cu/c2*1-14(12-8-4-2-5-9-12)13-10-6-3-7-11-13;1-3-8-10(5-1)7-11-6-2-4-9-11;/h2*2-11H,1H3;1-6H,7H2;/q;;-1;+1/p+2. The van der Waals surface area contributed by atoms with Gasteiger partial charge in [-0.25, -0.2) is 10.2 Å². The van der Waals surface area contributed by atoms with Crippen molar-refractivity contribution in [3.63, 3.8) is 0 Å². The second-order valence-corrected chi connectivity index (χ2v) is 14.1. The Bertz CT molecular complexity index is 1250. The number of aromatic nitrogens is 4. The number of rotatable bonds is 6. The monoisotopic (exact) mass is 612 g/mol. The van der Waals surface area contributed by atoms with Gasteiger partial charge < -0.3 is 9.19 Å². The van der Waals surface area contributed by atoms with Gasteiger partial charge in [0.2, 0.25) is 0 Å². The van der Waals surface area contributed by atoms with Crippen LogP contribution in [0.3, 0.4) is 0 Å². The fraction of sp³-hybridized carbons (Fsp3) is 0.0625. The van der Waals surface area contributed by atoms with E-state index in [0.29, 0.717) is 0 Å². The second-order valence-electron chi connectivity index (χ2n) is 9.27. The van der Waals surface area contributed by atoms with Crippen molar-refractivity contribution < 1.29 is 17.1 Å². The summed E-state index contributed by atoms with van der Waals surface area (Å²) in [6.07, 6.45) is 7.49. The summed E-state index contributed by atoms with van der Waals surface area (Å²) in [5.74, 6) is 0. The fourth-order valence-electron chi connectivity index (χ4n) is 4.22. The molecule has 2 aromatic heterocycles. The predicted molar refractivity (Wildman–Crippen MR) is 177 cm³/mol. The fourth-order valence-corrected chi connectivity index (χ4v) is 7.66. The first-order valence-corrected chi connectivity index (χ1v) is 17.3. The molecule has 0 N–H and O–H groups in total. The molecular weight excluding hydrogens is 577 g/mol. The molecule has 2 heterocycles. The first-order valence-electron chi connectivity index (χ1n) is 13.3. The summed E-state index contributed by atoms with van der Waals surface area (Å²) in [6.45, 7) is 4.69. The maximum absolute atomic E-state index is 4.10. The van der Waals surface area contributed by atoms with Crippen molar-refractivity contribution in [2.45, 2.75) is 0 Å². The van der Waals surface area contributed by atoms with E-state index in [1.54, 1.807) is 12.4 Å². The smallest absolute Gasteiger partial charge is 0.429 e. The molecule has 0 aliphatic carbocycles. The average molecular weight is 613 g/mol. The molecule has 0 atom stereocenters. The van der Waals surface area contributed by atoms with Crippen molar-refractivity contribution >= 4 is 44.6 Å². The number of hydrogen-bond donors (Lipinski definition) is 0. The van der Waals surface area contributed by atoms with Gasteiger partial charge in [-0.3, -0.25) is 0 Å². The van der Waals surface area contributed by atoms with Crippen LogP contribution in [0.4, 0.5) is 0 Å². The molecule has 6 rings (SSSR count). The first-order chi connectivity index (χ1) is 19.2. The van der Waals surface area contributed by atoms with Crippen molar-refractivity contribution in [3.8, 4) is 0 Å². The van der Waals surface area contributed by atoms with Gasteiger partial charge in [0.05, 0.1) is 50.4 Å². The van der Waals surface area contributed by atoms with Crippen molar-refractivity contribution in [1.29, 1.82) is 0 Å². The SMILES string of the molecule is C[PH+](c1ccccc1)c1ccccc1.C[PH+](c1ccccc1)c1ccccc1.[BH2-](n1cccn1)n1cccn1.[Cu+]. The van der Waals surface area contributed by atoms with Crippen LogP contribution < -0.4 is 21.2 Å². The van der Waals surface area contributed by atoms with E-state index in [0.717, 1.165) is 0 Å². The van der Waals surface area contributed by atoms with Crippen molar-refractivity contribution in [3.05, 3.63) is 158 Å². The van der Waals surface area contributed by atoms with E-state index in [1.165, 1.54) is 21.2 Å². The molecule has 0 fully saturated rings. The third-order valence-electron chi connectivity index (χ3n) is 6.51. The van der Waals surface area contributed by atoms with Crippen molar-refractivity contribution in [2.24, 2.45) is 0 Å². The minimum atomic E-state index is -0.545. The van der Waals surface area contributed by atoms with Crippen LogP contribution in [0.15, 0.2) is 158 Å². The van der Waals surface area contributed by atoms with Crippen LogP contribution >= 0.6 is 15.8 Å². The molecule has 4 nitrogen and oxygen atoms in total. The Morgan fingerprint density at radius 1 is 0.450 bits per heavy atom. The van der Waals surface area contributed by atoms with E-state index in [4.69, 9.17) is 0 Å². The minimum Gasteiger partial charge on any atom is -0.429 e. The van der Waals surface area contributed by atoms with E-state index in [9.17, 15) is 0 Å². The molecule has 40 heavy (non-hydrogen) atoms. The molecule has 0 amide bonds. The van der Waals surface area contributed by atoms with E-state index in [1.807, 2.05) is 33.7 Å². The van der Waals surface area contributed by atoms with E-state index >= 15 is 0 Å². The zero-order valence-corrected chi connectivity index (χ0v) is 26.0. The van der Waals surface area contributed by atoms with Gasteiger partial charge in [-0.2, -0.15) is 0 Å². The minimum absolute atomic E-state index is 0. The molecule has 4 aromatic carbocycles. The van der Waals surface area contributed by atoms with E-state index in [-0.39, 0.29) is 17.1 Å². The van der Waals surface area contributed by atoms with Gasteiger partial charge >= 0.3 is 17.1 Å². The summed E-state index contributed by atoms with van der Waals surface area (Å²) in [4.78, 5) is 0. The van der Waals surface area contributed by atoms with Gasteiger partial charge in [-0.05, 0) is 73.1 Å². The predicted octanol–water partition coefficient (Wildman–Crippen LogP) is 4.44. The summed E-state index contributed by atoms with van der Waals surface area (Å²) in [6, 6.07) is 46.9. The average Bonchev–Trinajstić information content (AvgIpc) is 3.74. The molecule has 0 unspecified atom stereocenters. The second kappa shape index (κ2) is 17.4. The molecule has 0 bridgehead atoms. The Morgan fingerprint density at radius 3 is 0.950 bits per heavy atom. The molecule has 0 spiro atoms. The van der Waals surface area contributed by atoms with Gasteiger partial charge in [0, 0.05) is 12.4 Å². The van der Waals surface area contributed by atoms with Crippen LogP contribution in [0.5, 0.6) is 0 Å². The Morgan fingerprint density at radius 2 is 0.725 bits per heavy atom. The number of nitrogens with zero attached hydrogens (tertiary/aromatic N) is 4. The molecule has 8 heteroatoms. The van der Waals surface area contributed by atoms with Gasteiger partial charge in [0.1, 0.15) is 0 Å². The molecule has 0 aliphatic rings. The molecule has 0 saturated carbocycles. The molecule has 0 aliphatic heterocycles. The number of benzene rings is 4. The molecule has 0 radical (unpaired) electrons. The largest absolute Gasteiger partial charge is 1.00 e. The topological polar surface area (TPSA) is 35.6 Å². The Labute approximate surface area is 251 Å². The summed E-state index contributed by atoms with van der Waals surface area (Å²) < 4.78 is 3.88. The third-order valence-corrected chi connectivity index (χ3v) is 11.3. The van der Waals surface area contributed by atoms with Crippen LogP contribution in [0.2, 0.25) is 0 Å². The van der Waals surface area contributed by atoms with Crippen molar-refractivity contribution in [2.75, 3.05) is 13.3 Å². The zero-order chi connectivity index (χ0) is 27.1. The van der Waals surface area contributed by atoms with Crippen LogP contribution in [-0.4, -0.2) is 40.3 Å². The van der Waals surface area contributed by atoms with Crippen LogP contribution in [-0.2, 0) is 17.1 Å². The van der Waals surface area contributed by atoms with Crippen LogP contribution in [0, 0.1) is 0 Å². The summed E-state index contributed by atoms with van der Waals surface area (Å²) in [5.41, 5.74) is 0. The summed E-state index contributed by atoms with van der Waals surface area (Å²) in [7, 11) is -1.51. The van der Waals surface area contributed by atoms with Crippen molar-refractivity contribution in [1.82, 2.24) is 19.4 Å². The quantitative estimate of drug-likeness (QED) is 0.206. The Hall–Kier alpha value is -3.26. The van der Waals surface area contributed by atoms with Crippen LogP contribution in [0.25, 0.3) is 0 Å². The van der Waals surface area contributed by atoms with E-state index < -0.39 is 23.4 Å². The molecule has 0 saturated heterocycles. The number of hydrogen-bond acceptors (Lipinski definition) is 2. The van der Waals surface area contributed by atoms with E-state index in [2.05, 4.69) is 145 Å². The van der Waals surface area contributed by atoms with Gasteiger partial charge in [-0.15, -0.1) is 0 Å². The third kappa shape index (κ3) is 10.0. The molecule has 206 valence electrons. The maximum atomic E-state index is 4.10. The maximum Gasteiger partial charge on any atom is 1.00 e. The summed E-state index contributed by atoms with van der Waals surface area (Å²) >= 11 is 0. The normalized spacial score (nSPS) is 10.1. The van der Waals surface area contributed by atoms with Crippen LogP contribution in [0.1, 0.15) is 0 Å². The Kier molecular flexibility index (Phi) is 13.6. The van der Waals surface area contributed by atoms with Gasteiger partial charge in [-0.1, -0.05) is 72.8 Å². The van der Waals surface area contributed by atoms with Gasteiger partial charge in [0.15, 0.2) is 7.55 Å². The molecular formula is C32H36BCuN4P2+2. The summed E-state index contributed by atoms with van der Waals surface area (Å²) in [5, 5.41) is 14.1. The molecule has 6 aromatic rings. The first kappa shape index (κ1) is 31.3. The Balaban J connectivity index is 0.000000165. The van der Waals surface area contributed by atoms with Gasteiger partial charge in [0.25, 0.3) is 0 Å². The zero-order valence-electron chi connectivity index (χ0n) is 23.1.